The Morgan fingerprint density at radius 3 is 2.58 bits per heavy atom. The average Bonchev–Trinajstić information content (AvgIpc) is 2.88. The summed E-state index contributed by atoms with van der Waals surface area (Å²) in [6.45, 7) is 5.68. The van der Waals surface area contributed by atoms with Crippen LogP contribution in [0.15, 0.2) is 71.3 Å². The number of benzene rings is 2. The van der Waals surface area contributed by atoms with Crippen LogP contribution in [0.5, 0.6) is 17.4 Å². The van der Waals surface area contributed by atoms with Crippen LogP contribution >= 0.6 is 15.9 Å². The van der Waals surface area contributed by atoms with Crippen molar-refractivity contribution in [3.63, 3.8) is 0 Å². The predicted molar refractivity (Wildman–Crippen MR) is 142 cm³/mol. The van der Waals surface area contributed by atoms with Crippen LogP contribution < -0.4 is 9.47 Å². The van der Waals surface area contributed by atoms with Crippen LogP contribution in [0.3, 0.4) is 0 Å². The Labute approximate surface area is 220 Å². The Morgan fingerprint density at radius 1 is 1.19 bits per heavy atom. The first kappa shape index (κ1) is 26.1. The van der Waals surface area contributed by atoms with Gasteiger partial charge in [-0.05, 0) is 65.8 Å². The molecule has 1 aliphatic rings. The van der Waals surface area contributed by atoms with Gasteiger partial charge in [-0.1, -0.05) is 37.3 Å². The van der Waals surface area contributed by atoms with Gasteiger partial charge in [-0.3, -0.25) is 9.69 Å². The Kier molecular flexibility index (Phi) is 8.61. The average molecular weight is 554 g/mol. The first-order valence-corrected chi connectivity index (χ1v) is 12.9. The molecule has 0 bridgehead atoms. The quantitative estimate of drug-likeness (QED) is 0.423. The molecule has 0 spiro atoms. The molecule has 0 unspecified atom stereocenters. The fourth-order valence-electron chi connectivity index (χ4n) is 4.27. The molecule has 1 amide bonds. The highest BCUT2D eigenvalue weighted by Crippen LogP contribution is 2.29. The molecule has 7 nitrogen and oxygen atoms in total. The minimum absolute atomic E-state index is 0.0330. The van der Waals surface area contributed by atoms with Crippen molar-refractivity contribution in [2.24, 2.45) is 5.92 Å². The molecule has 0 saturated carbocycles. The van der Waals surface area contributed by atoms with Gasteiger partial charge in [-0.25, -0.2) is 4.98 Å². The van der Waals surface area contributed by atoms with Gasteiger partial charge in [-0.15, -0.1) is 0 Å². The largest absolute Gasteiger partial charge is 0.472 e. The topological polar surface area (TPSA) is 75.1 Å². The van der Waals surface area contributed by atoms with Crippen LogP contribution in [0.2, 0.25) is 0 Å². The van der Waals surface area contributed by atoms with Crippen molar-refractivity contribution < 1.29 is 19.4 Å². The minimum Gasteiger partial charge on any atom is -0.472 e. The molecule has 4 rings (SSSR count). The summed E-state index contributed by atoms with van der Waals surface area (Å²) in [6.07, 6.45) is 1.45. The first-order valence-electron chi connectivity index (χ1n) is 12.1. The number of amides is 1. The fraction of sp³-hybridized carbons (Fsp3) is 0.357. The van der Waals surface area contributed by atoms with Crippen molar-refractivity contribution >= 4 is 21.8 Å². The van der Waals surface area contributed by atoms with E-state index >= 15 is 0 Å². The second-order valence-electron chi connectivity index (χ2n) is 9.38. The number of rotatable bonds is 8. The number of ether oxygens (including phenoxy) is 2. The fourth-order valence-corrected chi connectivity index (χ4v) is 4.60. The zero-order chi connectivity index (χ0) is 25.7. The molecule has 0 saturated heterocycles. The smallest absolute Gasteiger partial charge is 0.259 e. The van der Waals surface area contributed by atoms with Gasteiger partial charge in [0.15, 0.2) is 0 Å². The van der Waals surface area contributed by atoms with E-state index in [0.29, 0.717) is 29.0 Å². The van der Waals surface area contributed by atoms with Crippen molar-refractivity contribution in [3.05, 3.63) is 82.5 Å². The van der Waals surface area contributed by atoms with Crippen LogP contribution in [0.25, 0.3) is 0 Å². The number of aliphatic hydroxyl groups excluding tert-OH is 1. The van der Waals surface area contributed by atoms with Gasteiger partial charge in [0.1, 0.15) is 23.2 Å². The predicted octanol–water partition coefficient (Wildman–Crippen LogP) is 4.99. The summed E-state index contributed by atoms with van der Waals surface area (Å²) in [6, 6.07) is 19.2. The van der Waals surface area contributed by atoms with E-state index in [1.54, 1.807) is 17.2 Å². The van der Waals surface area contributed by atoms with Gasteiger partial charge in [0.25, 0.3) is 5.91 Å². The van der Waals surface area contributed by atoms with Crippen molar-refractivity contribution in [1.82, 2.24) is 14.8 Å². The SMILES string of the molecule is C[C@H]1CN([C@@H](C)CO)C(=O)c2cc(Br)cnc2O[C@H]1CN(C)Cc1ccc(Oc2ccccc2)cc1. The molecule has 190 valence electrons. The molecule has 3 atom stereocenters. The van der Waals surface area contributed by atoms with Gasteiger partial charge in [0, 0.05) is 36.2 Å². The van der Waals surface area contributed by atoms with E-state index in [4.69, 9.17) is 9.47 Å². The molecule has 0 aliphatic carbocycles. The highest BCUT2D eigenvalue weighted by molar-refractivity contribution is 9.10. The molecule has 0 fully saturated rings. The van der Waals surface area contributed by atoms with E-state index in [9.17, 15) is 9.90 Å². The standard InChI is InChI=1S/C28H32BrN3O4/c1-19-15-32(20(2)18-33)28(34)25-13-22(29)14-30-27(25)36-26(19)17-31(3)16-21-9-11-24(12-10-21)35-23-7-5-4-6-8-23/h4-14,19-20,26,33H,15-18H2,1-3H3/t19-,20-,26-/m0/s1. The van der Waals surface area contributed by atoms with Crippen molar-refractivity contribution in [3.8, 4) is 17.4 Å². The van der Waals surface area contributed by atoms with Crippen molar-refractivity contribution in [2.45, 2.75) is 32.5 Å². The third-order valence-electron chi connectivity index (χ3n) is 6.33. The maximum atomic E-state index is 13.3. The summed E-state index contributed by atoms with van der Waals surface area (Å²) >= 11 is 3.41. The van der Waals surface area contributed by atoms with Gasteiger partial charge < -0.3 is 19.5 Å². The molecular formula is C28H32BrN3O4. The number of carbonyl (C=O) groups is 1. The molecule has 1 N–H and O–H groups in total. The summed E-state index contributed by atoms with van der Waals surface area (Å²) in [7, 11) is 2.05. The molecule has 1 aliphatic heterocycles. The maximum Gasteiger partial charge on any atom is 0.259 e. The van der Waals surface area contributed by atoms with E-state index in [1.165, 1.54) is 0 Å². The number of halogens is 1. The van der Waals surface area contributed by atoms with Gasteiger partial charge >= 0.3 is 0 Å². The second kappa shape index (κ2) is 11.9. The Hall–Kier alpha value is -2.94. The molecule has 1 aromatic heterocycles. The zero-order valence-corrected chi connectivity index (χ0v) is 22.4. The lowest BCUT2D eigenvalue weighted by atomic mass is 10.00. The van der Waals surface area contributed by atoms with Gasteiger partial charge in [0.2, 0.25) is 5.88 Å². The van der Waals surface area contributed by atoms with E-state index in [1.807, 2.05) is 49.4 Å². The zero-order valence-electron chi connectivity index (χ0n) is 20.8. The number of carbonyl (C=O) groups excluding carboxylic acids is 1. The number of hydrogen-bond acceptors (Lipinski definition) is 6. The third kappa shape index (κ3) is 6.43. The molecule has 3 aromatic rings. The van der Waals surface area contributed by atoms with Gasteiger partial charge in [-0.2, -0.15) is 0 Å². The molecule has 0 radical (unpaired) electrons. The Balaban J connectivity index is 1.46. The van der Waals surface area contributed by atoms with Crippen LogP contribution in [-0.2, 0) is 6.54 Å². The number of hydrogen-bond donors (Lipinski definition) is 1. The first-order chi connectivity index (χ1) is 17.3. The van der Waals surface area contributed by atoms with E-state index < -0.39 is 0 Å². The Morgan fingerprint density at radius 2 is 1.89 bits per heavy atom. The van der Waals surface area contributed by atoms with Crippen molar-refractivity contribution in [1.29, 1.82) is 0 Å². The highest BCUT2D eigenvalue weighted by atomic mass is 79.9. The second-order valence-corrected chi connectivity index (χ2v) is 10.3. The summed E-state index contributed by atoms with van der Waals surface area (Å²) in [4.78, 5) is 21.6. The van der Waals surface area contributed by atoms with E-state index in [-0.39, 0.29) is 30.6 Å². The Bertz CT molecular complexity index is 1160. The normalized spacial score (nSPS) is 18.7. The highest BCUT2D eigenvalue weighted by Gasteiger charge is 2.34. The summed E-state index contributed by atoms with van der Waals surface area (Å²) in [5.41, 5.74) is 1.56. The number of pyridine rings is 1. The lowest BCUT2D eigenvalue weighted by Crippen LogP contribution is -2.49. The summed E-state index contributed by atoms with van der Waals surface area (Å²) in [5, 5.41) is 9.77. The molecule has 2 heterocycles. The molecular weight excluding hydrogens is 522 g/mol. The molecule has 8 heteroatoms. The van der Waals surface area contributed by atoms with E-state index in [0.717, 1.165) is 23.6 Å². The minimum atomic E-state index is -0.306. The number of para-hydroxylation sites is 1. The van der Waals surface area contributed by atoms with Crippen LogP contribution in [-0.4, -0.2) is 64.7 Å². The van der Waals surface area contributed by atoms with Crippen molar-refractivity contribution in [2.75, 3.05) is 26.7 Å². The lowest BCUT2D eigenvalue weighted by molar-refractivity contribution is 0.0325. The summed E-state index contributed by atoms with van der Waals surface area (Å²) in [5.74, 6) is 1.77. The van der Waals surface area contributed by atoms with E-state index in [2.05, 4.69) is 51.9 Å². The van der Waals surface area contributed by atoms with Crippen LogP contribution in [0, 0.1) is 5.92 Å². The number of aromatic nitrogens is 1. The number of aliphatic hydroxyl groups is 1. The number of fused-ring (bicyclic) bond motifs is 1. The summed E-state index contributed by atoms with van der Waals surface area (Å²) < 4.78 is 12.9. The third-order valence-corrected chi connectivity index (χ3v) is 6.77. The molecule has 36 heavy (non-hydrogen) atoms. The van der Waals surface area contributed by atoms with Gasteiger partial charge in [0.05, 0.1) is 12.6 Å². The van der Waals surface area contributed by atoms with Crippen LogP contribution in [0.4, 0.5) is 0 Å². The lowest BCUT2D eigenvalue weighted by Gasteiger charge is -2.37. The van der Waals surface area contributed by atoms with Crippen LogP contribution in [0.1, 0.15) is 29.8 Å². The number of nitrogens with zero attached hydrogens (tertiary/aromatic N) is 3. The molecule has 2 aromatic carbocycles. The number of likely N-dealkylation sites (N-methyl/N-ethyl adjacent to an activating group) is 1. The monoisotopic (exact) mass is 553 g/mol. The maximum absolute atomic E-state index is 13.3.